The fourth-order valence-corrected chi connectivity index (χ4v) is 4.36. The lowest BCUT2D eigenvalue weighted by Gasteiger charge is -2.43. The van der Waals surface area contributed by atoms with E-state index >= 15 is 4.39 Å². The van der Waals surface area contributed by atoms with Crippen molar-refractivity contribution in [1.29, 1.82) is 0 Å². The maximum absolute atomic E-state index is 15.3. The molecule has 0 spiro atoms. The first kappa shape index (κ1) is 27.6. The smallest absolute Gasteiger partial charge is 0.417 e. The van der Waals surface area contributed by atoms with Gasteiger partial charge in [-0.15, -0.1) is 0 Å². The summed E-state index contributed by atoms with van der Waals surface area (Å²) in [6.45, 7) is -0.522. The van der Waals surface area contributed by atoms with Crippen molar-refractivity contribution >= 4 is 40.7 Å². The van der Waals surface area contributed by atoms with E-state index in [-0.39, 0.29) is 30.8 Å². The lowest BCUT2D eigenvalue weighted by atomic mass is 9.87. The number of carbonyl (C=O) groups excluding carboxylic acids is 2. The first-order chi connectivity index (χ1) is 17.9. The quantitative estimate of drug-likeness (QED) is 0.132. The van der Waals surface area contributed by atoms with E-state index in [0.29, 0.717) is 6.08 Å². The SMILES string of the molecule is O=C(/C=C(/c1cc(Cl)c(F)c(Cl)c1)C(F)(F)F)c1ccc(C2(F)CN(C(=O)OCc3ccccc3)C2)cc1. The number of allylic oxidation sites excluding steroid dienone is 2. The molecule has 0 aromatic heterocycles. The Hall–Kier alpha value is -3.43. The molecule has 0 radical (unpaired) electrons. The number of carbonyl (C=O) groups is 2. The molecule has 0 saturated carbocycles. The van der Waals surface area contributed by atoms with E-state index in [1.165, 1.54) is 29.2 Å². The van der Waals surface area contributed by atoms with Crippen molar-refractivity contribution in [3.8, 4) is 0 Å². The molecule has 3 aromatic rings. The number of halogens is 7. The van der Waals surface area contributed by atoms with Gasteiger partial charge in [-0.2, -0.15) is 13.2 Å². The predicted octanol–water partition coefficient (Wildman–Crippen LogP) is 7.78. The van der Waals surface area contributed by atoms with Crippen molar-refractivity contribution in [2.45, 2.75) is 18.5 Å². The van der Waals surface area contributed by atoms with Gasteiger partial charge in [0.1, 0.15) is 6.61 Å². The van der Waals surface area contributed by atoms with Crippen molar-refractivity contribution in [1.82, 2.24) is 4.90 Å². The average Bonchev–Trinajstić information content (AvgIpc) is 2.86. The molecule has 1 heterocycles. The van der Waals surface area contributed by atoms with E-state index in [1.807, 2.05) is 6.07 Å². The number of hydrogen-bond donors (Lipinski definition) is 0. The zero-order valence-electron chi connectivity index (χ0n) is 19.4. The van der Waals surface area contributed by atoms with Gasteiger partial charge in [0.2, 0.25) is 0 Å². The molecule has 0 atom stereocenters. The minimum atomic E-state index is -4.98. The van der Waals surface area contributed by atoms with Gasteiger partial charge in [0.25, 0.3) is 0 Å². The van der Waals surface area contributed by atoms with Crippen LogP contribution in [0.4, 0.5) is 26.7 Å². The molecule has 11 heteroatoms. The Labute approximate surface area is 224 Å². The first-order valence-electron chi connectivity index (χ1n) is 11.1. The fourth-order valence-electron chi connectivity index (χ4n) is 3.87. The molecule has 0 unspecified atom stereocenters. The highest BCUT2D eigenvalue weighted by atomic mass is 35.5. The third-order valence-corrected chi connectivity index (χ3v) is 6.46. The third-order valence-electron chi connectivity index (χ3n) is 5.91. The lowest BCUT2D eigenvalue weighted by Crippen LogP contribution is -2.58. The van der Waals surface area contributed by atoms with Gasteiger partial charge in [-0.3, -0.25) is 4.79 Å². The summed E-state index contributed by atoms with van der Waals surface area (Å²) in [5.74, 6) is -2.10. The highest BCUT2D eigenvalue weighted by Crippen LogP contribution is 2.39. The molecule has 1 aliphatic heterocycles. The summed E-state index contributed by atoms with van der Waals surface area (Å²) in [5, 5.41) is -1.27. The molecule has 1 amide bonds. The van der Waals surface area contributed by atoms with E-state index in [9.17, 15) is 27.2 Å². The number of ether oxygens (including phenoxy) is 1. The average molecular weight is 570 g/mol. The van der Waals surface area contributed by atoms with Gasteiger partial charge in [0, 0.05) is 5.56 Å². The zero-order valence-corrected chi connectivity index (χ0v) is 20.9. The van der Waals surface area contributed by atoms with Crippen molar-refractivity contribution in [3.05, 3.63) is 111 Å². The maximum Gasteiger partial charge on any atom is 0.417 e. The molecule has 0 bridgehead atoms. The van der Waals surface area contributed by atoms with E-state index in [2.05, 4.69) is 0 Å². The Morgan fingerprint density at radius 1 is 0.947 bits per heavy atom. The molecular formula is C27H18Cl2F5NO3. The highest BCUT2D eigenvalue weighted by molar-refractivity contribution is 6.35. The van der Waals surface area contributed by atoms with Crippen LogP contribution in [0.3, 0.4) is 0 Å². The van der Waals surface area contributed by atoms with Gasteiger partial charge < -0.3 is 9.64 Å². The Morgan fingerprint density at radius 3 is 2.08 bits per heavy atom. The first-order valence-corrected chi connectivity index (χ1v) is 11.9. The second-order valence-corrected chi connectivity index (χ2v) is 9.43. The number of ketones is 1. The van der Waals surface area contributed by atoms with Crippen LogP contribution in [0.15, 0.2) is 72.8 Å². The summed E-state index contributed by atoms with van der Waals surface area (Å²) >= 11 is 11.2. The Kier molecular flexibility index (Phi) is 7.80. The monoisotopic (exact) mass is 569 g/mol. The van der Waals surface area contributed by atoms with Crippen LogP contribution in [0, 0.1) is 5.82 Å². The molecule has 4 nitrogen and oxygen atoms in total. The maximum atomic E-state index is 15.3. The van der Waals surface area contributed by atoms with Gasteiger partial charge in [0.15, 0.2) is 17.3 Å². The molecule has 1 saturated heterocycles. The van der Waals surface area contributed by atoms with Crippen LogP contribution in [-0.4, -0.2) is 36.0 Å². The second-order valence-electron chi connectivity index (χ2n) is 8.61. The molecule has 198 valence electrons. The molecular weight excluding hydrogens is 552 g/mol. The van der Waals surface area contributed by atoms with E-state index in [0.717, 1.165) is 17.7 Å². The number of rotatable bonds is 6. The number of hydrogen-bond acceptors (Lipinski definition) is 3. The molecule has 1 aliphatic rings. The highest BCUT2D eigenvalue weighted by Gasteiger charge is 2.48. The predicted molar refractivity (Wildman–Crippen MR) is 132 cm³/mol. The van der Waals surface area contributed by atoms with Gasteiger partial charge in [0.05, 0.1) is 28.7 Å². The number of nitrogens with zero attached hydrogens (tertiary/aromatic N) is 1. The summed E-state index contributed by atoms with van der Waals surface area (Å²) in [4.78, 5) is 26.0. The van der Waals surface area contributed by atoms with Crippen LogP contribution in [0.5, 0.6) is 0 Å². The minimum absolute atomic E-state index is 0.0377. The van der Waals surface area contributed by atoms with Crippen molar-refractivity contribution < 1.29 is 36.3 Å². The van der Waals surface area contributed by atoms with Crippen LogP contribution in [0.1, 0.15) is 27.0 Å². The molecule has 1 fully saturated rings. The fraction of sp³-hybridized carbons (Fsp3) is 0.185. The number of amides is 1. The number of alkyl halides is 4. The molecule has 0 aliphatic carbocycles. The zero-order chi connectivity index (χ0) is 27.7. The summed E-state index contributed by atoms with van der Waals surface area (Å²) in [6.07, 6.45) is -5.32. The molecule has 0 N–H and O–H groups in total. The summed E-state index contributed by atoms with van der Waals surface area (Å²) in [7, 11) is 0. The Morgan fingerprint density at radius 2 is 1.53 bits per heavy atom. The Balaban J connectivity index is 1.44. The summed E-state index contributed by atoms with van der Waals surface area (Å²) in [5.41, 5.74) is -3.07. The minimum Gasteiger partial charge on any atom is -0.445 e. The van der Waals surface area contributed by atoms with E-state index in [4.69, 9.17) is 27.9 Å². The van der Waals surface area contributed by atoms with Gasteiger partial charge in [-0.05, 0) is 34.9 Å². The molecule has 38 heavy (non-hydrogen) atoms. The van der Waals surface area contributed by atoms with Crippen LogP contribution >= 0.6 is 23.2 Å². The van der Waals surface area contributed by atoms with Crippen molar-refractivity contribution in [2.75, 3.05) is 13.1 Å². The van der Waals surface area contributed by atoms with Crippen LogP contribution in [-0.2, 0) is 17.0 Å². The van der Waals surface area contributed by atoms with E-state index < -0.39 is 50.7 Å². The second kappa shape index (κ2) is 10.7. The normalized spacial score (nSPS) is 15.1. The van der Waals surface area contributed by atoms with Crippen molar-refractivity contribution in [2.24, 2.45) is 0 Å². The van der Waals surface area contributed by atoms with Gasteiger partial charge in [-0.25, -0.2) is 13.6 Å². The standard InChI is InChI=1S/C27H18Cl2F5NO3/c28-21-10-18(11-22(29)24(21)30)20(27(32,33)34)12-23(36)17-6-8-19(9-7-17)26(31)14-35(15-26)25(37)38-13-16-4-2-1-3-5-16/h1-12H,13-15H2/b20-12-. The third kappa shape index (κ3) is 6.00. The summed E-state index contributed by atoms with van der Waals surface area (Å²) < 4.78 is 75.2. The van der Waals surface area contributed by atoms with Crippen LogP contribution in [0.2, 0.25) is 10.0 Å². The number of likely N-dealkylation sites (tertiary alicyclic amines) is 1. The Bertz CT molecular complexity index is 1360. The molecule has 4 rings (SSSR count). The van der Waals surface area contributed by atoms with Crippen molar-refractivity contribution in [3.63, 3.8) is 0 Å². The van der Waals surface area contributed by atoms with Gasteiger partial charge >= 0.3 is 12.3 Å². The number of benzene rings is 3. The van der Waals surface area contributed by atoms with E-state index in [1.54, 1.807) is 24.3 Å². The lowest BCUT2D eigenvalue weighted by molar-refractivity contribution is -0.0689. The topological polar surface area (TPSA) is 46.6 Å². The molecule has 3 aromatic carbocycles. The summed E-state index contributed by atoms with van der Waals surface area (Å²) in [6, 6.07) is 15.3. The van der Waals surface area contributed by atoms with Crippen LogP contribution in [0.25, 0.3) is 5.57 Å². The van der Waals surface area contributed by atoms with Crippen LogP contribution < -0.4 is 0 Å². The largest absolute Gasteiger partial charge is 0.445 e. The van der Waals surface area contributed by atoms with Gasteiger partial charge in [-0.1, -0.05) is 77.8 Å².